The van der Waals surface area contributed by atoms with E-state index in [1.165, 1.54) is 16.5 Å². The molecule has 4 rings (SSSR count). The zero-order valence-corrected chi connectivity index (χ0v) is 15.8. The second-order valence-electron chi connectivity index (χ2n) is 6.35. The van der Waals surface area contributed by atoms with Gasteiger partial charge in [0.2, 0.25) is 0 Å². The number of hydrogen-bond acceptors (Lipinski definition) is 2. The van der Waals surface area contributed by atoms with Crippen LogP contribution in [0.4, 0.5) is 0 Å². The number of hydrogen-bond donors (Lipinski definition) is 1. The quantitative estimate of drug-likeness (QED) is 0.595. The molecular formula is C19H17BrClN3O. The van der Waals surface area contributed by atoms with E-state index < -0.39 is 0 Å². The molecule has 2 aromatic heterocycles. The van der Waals surface area contributed by atoms with Gasteiger partial charge in [-0.2, -0.15) is 0 Å². The summed E-state index contributed by atoms with van der Waals surface area (Å²) >= 11 is 9.45. The van der Waals surface area contributed by atoms with Crippen molar-refractivity contribution in [1.82, 2.24) is 14.9 Å². The van der Waals surface area contributed by atoms with Crippen LogP contribution in [0.15, 0.2) is 47.2 Å². The fraction of sp³-hybridized carbons (Fsp3) is 0.263. The van der Waals surface area contributed by atoms with Crippen LogP contribution >= 0.6 is 27.5 Å². The number of nitrogens with zero attached hydrogens (tertiary/aromatic N) is 2. The lowest BCUT2D eigenvalue weighted by Crippen LogP contribution is -2.38. The molecule has 3 aromatic rings. The van der Waals surface area contributed by atoms with Gasteiger partial charge in [0.1, 0.15) is 5.15 Å². The van der Waals surface area contributed by atoms with Crippen molar-refractivity contribution in [1.29, 1.82) is 0 Å². The van der Waals surface area contributed by atoms with E-state index in [9.17, 15) is 4.79 Å². The number of likely N-dealkylation sites (tertiary alicyclic amines) is 1. The molecule has 128 valence electrons. The summed E-state index contributed by atoms with van der Waals surface area (Å²) in [7, 11) is 0. The zero-order chi connectivity index (χ0) is 17.4. The molecule has 0 aliphatic carbocycles. The summed E-state index contributed by atoms with van der Waals surface area (Å²) in [6.07, 6.45) is 5.61. The highest BCUT2D eigenvalue weighted by atomic mass is 79.9. The Morgan fingerprint density at radius 3 is 2.84 bits per heavy atom. The molecule has 0 spiro atoms. The Kier molecular flexibility index (Phi) is 4.52. The zero-order valence-electron chi connectivity index (χ0n) is 13.5. The molecule has 6 heteroatoms. The van der Waals surface area contributed by atoms with Gasteiger partial charge < -0.3 is 9.88 Å². The number of fused-ring (bicyclic) bond motifs is 1. The van der Waals surface area contributed by atoms with Crippen molar-refractivity contribution in [2.24, 2.45) is 0 Å². The number of carbonyl (C=O) groups is 1. The Morgan fingerprint density at radius 1 is 1.28 bits per heavy atom. The van der Waals surface area contributed by atoms with Crippen LogP contribution in [0.1, 0.15) is 34.7 Å². The van der Waals surface area contributed by atoms with Crippen LogP contribution in [0.25, 0.3) is 10.9 Å². The summed E-state index contributed by atoms with van der Waals surface area (Å²) in [5, 5.41) is 1.54. The second kappa shape index (κ2) is 6.81. The monoisotopic (exact) mass is 417 g/mol. The van der Waals surface area contributed by atoms with E-state index in [-0.39, 0.29) is 11.1 Å². The van der Waals surface area contributed by atoms with Crippen molar-refractivity contribution in [2.45, 2.75) is 18.8 Å². The van der Waals surface area contributed by atoms with Crippen LogP contribution in [0.3, 0.4) is 0 Å². The van der Waals surface area contributed by atoms with Crippen molar-refractivity contribution >= 4 is 44.3 Å². The van der Waals surface area contributed by atoms with Crippen molar-refractivity contribution in [3.63, 3.8) is 0 Å². The van der Waals surface area contributed by atoms with Gasteiger partial charge in [-0.15, -0.1) is 0 Å². The van der Waals surface area contributed by atoms with Crippen LogP contribution in [0, 0.1) is 0 Å². The van der Waals surface area contributed by atoms with Crippen molar-refractivity contribution in [2.75, 3.05) is 13.1 Å². The van der Waals surface area contributed by atoms with Crippen LogP contribution in [0.2, 0.25) is 5.15 Å². The average Bonchev–Trinajstić information content (AvgIpc) is 3.07. The van der Waals surface area contributed by atoms with Crippen molar-refractivity contribution in [3.8, 4) is 0 Å². The van der Waals surface area contributed by atoms with Crippen molar-refractivity contribution in [3.05, 3.63) is 63.5 Å². The average molecular weight is 419 g/mol. The predicted molar refractivity (Wildman–Crippen MR) is 103 cm³/mol. The topological polar surface area (TPSA) is 49.0 Å². The van der Waals surface area contributed by atoms with Gasteiger partial charge in [0, 0.05) is 40.9 Å². The molecule has 1 aliphatic rings. The largest absolute Gasteiger partial charge is 0.361 e. The van der Waals surface area contributed by atoms with Crippen LogP contribution in [-0.4, -0.2) is 33.9 Å². The third-order valence-corrected chi connectivity index (χ3v) is 5.61. The molecule has 3 heterocycles. The molecule has 1 N–H and O–H groups in total. The molecule has 4 nitrogen and oxygen atoms in total. The molecule has 0 atom stereocenters. The number of rotatable bonds is 2. The third kappa shape index (κ3) is 3.18. The maximum atomic E-state index is 12.8. The number of halogens is 2. The SMILES string of the molecule is O=C(c1cc(Br)cnc1Cl)N1CCC(c2c[nH]c3ccccc23)CC1. The first-order valence-electron chi connectivity index (χ1n) is 8.30. The van der Waals surface area contributed by atoms with Crippen LogP contribution < -0.4 is 0 Å². The first-order chi connectivity index (χ1) is 12.1. The Morgan fingerprint density at radius 2 is 2.04 bits per heavy atom. The van der Waals surface area contributed by atoms with Gasteiger partial charge in [-0.05, 0) is 52.4 Å². The lowest BCUT2D eigenvalue weighted by molar-refractivity contribution is 0.0713. The van der Waals surface area contributed by atoms with Crippen LogP contribution in [0.5, 0.6) is 0 Å². The van der Waals surface area contributed by atoms with E-state index >= 15 is 0 Å². The maximum absolute atomic E-state index is 12.8. The lowest BCUT2D eigenvalue weighted by Gasteiger charge is -2.32. The Hall–Kier alpha value is -1.85. The van der Waals surface area contributed by atoms with E-state index in [2.05, 4.69) is 50.3 Å². The highest BCUT2D eigenvalue weighted by molar-refractivity contribution is 9.10. The Bertz CT molecular complexity index is 931. The molecule has 25 heavy (non-hydrogen) atoms. The van der Waals surface area contributed by atoms with E-state index in [1.807, 2.05) is 11.0 Å². The highest BCUT2D eigenvalue weighted by Crippen LogP contribution is 2.33. The van der Waals surface area contributed by atoms with E-state index in [4.69, 9.17) is 11.6 Å². The summed E-state index contributed by atoms with van der Waals surface area (Å²) in [6.45, 7) is 1.46. The molecule has 1 aliphatic heterocycles. The maximum Gasteiger partial charge on any atom is 0.257 e. The minimum atomic E-state index is -0.0452. The summed E-state index contributed by atoms with van der Waals surface area (Å²) in [6, 6.07) is 10.1. The molecular weight excluding hydrogens is 402 g/mol. The normalized spacial score (nSPS) is 15.7. The molecule has 1 saturated heterocycles. The molecule has 1 amide bonds. The van der Waals surface area contributed by atoms with Gasteiger partial charge in [0.15, 0.2) is 0 Å². The van der Waals surface area contributed by atoms with Gasteiger partial charge in [-0.3, -0.25) is 4.79 Å². The van der Waals surface area contributed by atoms with Gasteiger partial charge in [0.05, 0.1) is 5.56 Å². The molecule has 0 unspecified atom stereocenters. The lowest BCUT2D eigenvalue weighted by atomic mass is 9.89. The first kappa shape index (κ1) is 16.6. The number of piperidine rings is 1. The Labute approximate surface area is 159 Å². The minimum Gasteiger partial charge on any atom is -0.361 e. The standard InChI is InChI=1S/C19H17BrClN3O/c20-13-9-15(18(21)23-10-13)19(25)24-7-5-12(6-8-24)16-11-22-17-4-2-1-3-14(16)17/h1-4,9-12,22H,5-8H2. The van der Waals surface area contributed by atoms with E-state index in [1.54, 1.807) is 12.3 Å². The van der Waals surface area contributed by atoms with Crippen molar-refractivity contribution < 1.29 is 4.79 Å². The summed E-state index contributed by atoms with van der Waals surface area (Å²) in [5.41, 5.74) is 2.98. The number of aromatic amines is 1. The number of carbonyl (C=O) groups excluding carboxylic acids is 1. The molecule has 1 fully saturated rings. The molecule has 0 saturated carbocycles. The number of nitrogens with one attached hydrogen (secondary N) is 1. The minimum absolute atomic E-state index is 0.0452. The third-order valence-electron chi connectivity index (χ3n) is 4.88. The molecule has 1 aromatic carbocycles. The van der Waals surface area contributed by atoms with Gasteiger partial charge in [-0.1, -0.05) is 29.8 Å². The van der Waals surface area contributed by atoms with Gasteiger partial charge >= 0.3 is 0 Å². The second-order valence-corrected chi connectivity index (χ2v) is 7.62. The number of amides is 1. The van der Waals surface area contributed by atoms with Crippen LogP contribution in [-0.2, 0) is 0 Å². The van der Waals surface area contributed by atoms with E-state index in [0.717, 1.165) is 30.4 Å². The predicted octanol–water partition coefficient (Wildman–Crippen LogP) is 5.00. The number of pyridine rings is 1. The molecule has 0 bridgehead atoms. The number of H-pyrrole nitrogens is 1. The fourth-order valence-corrected chi connectivity index (χ4v) is 4.08. The number of aromatic nitrogens is 2. The summed E-state index contributed by atoms with van der Waals surface area (Å²) < 4.78 is 0.758. The summed E-state index contributed by atoms with van der Waals surface area (Å²) in [4.78, 5) is 22.0. The molecule has 0 radical (unpaired) electrons. The first-order valence-corrected chi connectivity index (χ1v) is 9.47. The van der Waals surface area contributed by atoms with Gasteiger partial charge in [-0.25, -0.2) is 4.98 Å². The van der Waals surface area contributed by atoms with E-state index in [0.29, 0.717) is 11.5 Å². The smallest absolute Gasteiger partial charge is 0.257 e. The van der Waals surface area contributed by atoms with Gasteiger partial charge in [0.25, 0.3) is 5.91 Å². The summed E-state index contributed by atoms with van der Waals surface area (Å²) in [5.74, 6) is 0.424. The number of benzene rings is 1. The highest BCUT2D eigenvalue weighted by Gasteiger charge is 2.27. The fourth-order valence-electron chi connectivity index (χ4n) is 3.57. The Balaban J connectivity index is 1.50. The number of para-hydroxylation sites is 1.